The highest BCUT2D eigenvalue weighted by molar-refractivity contribution is 7.08. The van der Waals surface area contributed by atoms with Gasteiger partial charge in [-0.1, -0.05) is 0 Å². The van der Waals surface area contributed by atoms with Crippen molar-refractivity contribution in [1.82, 2.24) is 24.8 Å². The molecule has 8 heteroatoms. The molecule has 0 spiro atoms. The van der Waals surface area contributed by atoms with E-state index in [2.05, 4.69) is 31.7 Å². The standard InChI is InChI=1S/C20H19N5O2S/c26-20(22-11-16-3-2-9-27-16)24-8-5-15(12-24)25-18(14-6-10-28-13-14)23-17-4-1-7-21-19(17)25/h1-4,6-7,9-10,13,15H,5,8,11-12H2,(H,22,26). The Morgan fingerprint density at radius 1 is 1.32 bits per heavy atom. The minimum Gasteiger partial charge on any atom is -0.467 e. The first-order chi connectivity index (χ1) is 13.8. The molecule has 1 N–H and O–H groups in total. The SMILES string of the molecule is O=C(NCc1ccco1)N1CCC(n2c(-c3ccsc3)nc3cccnc32)C1. The van der Waals surface area contributed by atoms with Crippen molar-refractivity contribution in [3.8, 4) is 11.4 Å². The van der Waals surface area contributed by atoms with Gasteiger partial charge >= 0.3 is 6.03 Å². The number of fused-ring (bicyclic) bond motifs is 1. The van der Waals surface area contributed by atoms with Gasteiger partial charge in [0.15, 0.2) is 5.65 Å². The maximum Gasteiger partial charge on any atom is 0.317 e. The molecule has 4 aromatic heterocycles. The molecule has 0 radical (unpaired) electrons. The molecule has 5 rings (SSSR count). The van der Waals surface area contributed by atoms with Gasteiger partial charge in [-0.2, -0.15) is 11.3 Å². The molecule has 142 valence electrons. The van der Waals surface area contributed by atoms with Crippen molar-refractivity contribution in [2.24, 2.45) is 0 Å². The molecular weight excluding hydrogens is 374 g/mol. The number of imidazole rings is 1. The highest BCUT2D eigenvalue weighted by Crippen LogP contribution is 2.32. The largest absolute Gasteiger partial charge is 0.467 e. The maximum atomic E-state index is 12.6. The summed E-state index contributed by atoms with van der Waals surface area (Å²) in [6.07, 6.45) is 4.27. The molecule has 1 aliphatic heterocycles. The number of pyridine rings is 1. The fraction of sp³-hybridized carbons (Fsp3) is 0.250. The van der Waals surface area contributed by atoms with E-state index in [1.54, 1.807) is 23.8 Å². The van der Waals surface area contributed by atoms with Crippen LogP contribution >= 0.6 is 11.3 Å². The molecule has 1 saturated heterocycles. The van der Waals surface area contributed by atoms with Gasteiger partial charge in [-0.05, 0) is 42.1 Å². The highest BCUT2D eigenvalue weighted by atomic mass is 32.1. The van der Waals surface area contributed by atoms with Crippen molar-refractivity contribution >= 4 is 28.5 Å². The third-order valence-electron chi connectivity index (χ3n) is 5.04. The van der Waals surface area contributed by atoms with Crippen LogP contribution in [0.2, 0.25) is 0 Å². The Morgan fingerprint density at radius 2 is 2.29 bits per heavy atom. The predicted octanol–water partition coefficient (Wildman–Crippen LogP) is 3.91. The van der Waals surface area contributed by atoms with Crippen molar-refractivity contribution in [1.29, 1.82) is 0 Å². The minimum atomic E-state index is -0.0756. The molecule has 28 heavy (non-hydrogen) atoms. The van der Waals surface area contributed by atoms with E-state index < -0.39 is 0 Å². The molecular formula is C20H19N5O2S. The summed E-state index contributed by atoms with van der Waals surface area (Å²) in [6, 6.07) is 9.69. The van der Waals surface area contributed by atoms with E-state index >= 15 is 0 Å². The minimum absolute atomic E-state index is 0.0756. The third-order valence-corrected chi connectivity index (χ3v) is 5.72. The predicted molar refractivity (Wildman–Crippen MR) is 107 cm³/mol. The molecule has 0 aromatic carbocycles. The Labute approximate surface area is 165 Å². The third kappa shape index (κ3) is 3.05. The molecule has 2 amide bonds. The quantitative estimate of drug-likeness (QED) is 0.570. The second-order valence-corrected chi connectivity index (χ2v) is 7.57. The number of nitrogens with zero attached hydrogens (tertiary/aromatic N) is 4. The molecule has 7 nitrogen and oxygen atoms in total. The summed E-state index contributed by atoms with van der Waals surface area (Å²) in [5.74, 6) is 1.66. The van der Waals surface area contributed by atoms with Gasteiger partial charge in [-0.3, -0.25) is 0 Å². The van der Waals surface area contributed by atoms with Gasteiger partial charge in [0, 0.05) is 30.2 Å². The van der Waals surface area contributed by atoms with Gasteiger partial charge in [0.05, 0.1) is 18.8 Å². The highest BCUT2D eigenvalue weighted by Gasteiger charge is 2.30. The van der Waals surface area contributed by atoms with Crippen LogP contribution in [0.4, 0.5) is 4.79 Å². The second kappa shape index (κ2) is 7.12. The van der Waals surface area contributed by atoms with Crippen LogP contribution < -0.4 is 5.32 Å². The van der Waals surface area contributed by atoms with Crippen LogP contribution in [0.5, 0.6) is 0 Å². The number of hydrogen-bond acceptors (Lipinski definition) is 5. The summed E-state index contributed by atoms with van der Waals surface area (Å²) in [6.45, 7) is 1.72. The van der Waals surface area contributed by atoms with E-state index in [1.807, 2.05) is 29.2 Å². The number of nitrogens with one attached hydrogen (secondary N) is 1. The number of furan rings is 1. The van der Waals surface area contributed by atoms with Gasteiger partial charge < -0.3 is 19.2 Å². The summed E-state index contributed by atoms with van der Waals surface area (Å²) in [5.41, 5.74) is 2.83. The Hall–Kier alpha value is -3.13. The number of hydrogen-bond donors (Lipinski definition) is 1. The van der Waals surface area contributed by atoms with Crippen LogP contribution in [-0.2, 0) is 6.54 Å². The number of likely N-dealkylation sites (tertiary alicyclic amines) is 1. The number of aromatic nitrogens is 3. The van der Waals surface area contributed by atoms with Gasteiger partial charge in [0.2, 0.25) is 0 Å². The second-order valence-electron chi connectivity index (χ2n) is 6.79. The monoisotopic (exact) mass is 393 g/mol. The fourth-order valence-electron chi connectivity index (χ4n) is 3.70. The lowest BCUT2D eigenvalue weighted by molar-refractivity contribution is 0.206. The summed E-state index contributed by atoms with van der Waals surface area (Å²) in [7, 11) is 0. The number of urea groups is 1. The van der Waals surface area contributed by atoms with Crippen molar-refractivity contribution in [3.63, 3.8) is 0 Å². The lowest BCUT2D eigenvalue weighted by Crippen LogP contribution is -2.38. The summed E-state index contributed by atoms with van der Waals surface area (Å²) in [5, 5.41) is 7.08. The van der Waals surface area contributed by atoms with Crippen LogP contribution in [0.3, 0.4) is 0 Å². The van der Waals surface area contributed by atoms with Crippen LogP contribution in [0, 0.1) is 0 Å². The number of amides is 2. The van der Waals surface area contributed by atoms with Crippen molar-refractivity contribution < 1.29 is 9.21 Å². The molecule has 1 aliphatic rings. The maximum absolute atomic E-state index is 12.6. The molecule has 0 bridgehead atoms. The van der Waals surface area contributed by atoms with Gasteiger partial charge in [0.1, 0.15) is 17.1 Å². The smallest absolute Gasteiger partial charge is 0.317 e. The molecule has 1 atom stereocenters. The van der Waals surface area contributed by atoms with Crippen LogP contribution in [0.15, 0.2) is 58.0 Å². The number of carbonyl (C=O) groups is 1. The van der Waals surface area contributed by atoms with Crippen molar-refractivity contribution in [2.75, 3.05) is 13.1 Å². The van der Waals surface area contributed by atoms with Gasteiger partial charge in [-0.15, -0.1) is 0 Å². The summed E-state index contributed by atoms with van der Waals surface area (Å²) >= 11 is 1.65. The average molecular weight is 393 g/mol. The Kier molecular flexibility index (Phi) is 4.32. The Balaban J connectivity index is 1.39. The molecule has 0 saturated carbocycles. The van der Waals surface area contributed by atoms with Crippen molar-refractivity contribution in [3.05, 3.63) is 59.3 Å². The van der Waals surface area contributed by atoms with E-state index in [9.17, 15) is 4.79 Å². The molecule has 4 aromatic rings. The normalized spacial score (nSPS) is 16.7. The zero-order valence-electron chi connectivity index (χ0n) is 15.1. The summed E-state index contributed by atoms with van der Waals surface area (Å²) in [4.78, 5) is 23.8. The first-order valence-corrected chi connectivity index (χ1v) is 10.1. The molecule has 5 heterocycles. The fourth-order valence-corrected chi connectivity index (χ4v) is 4.33. The van der Waals surface area contributed by atoms with E-state index in [0.717, 1.165) is 34.7 Å². The van der Waals surface area contributed by atoms with Crippen LogP contribution in [0.25, 0.3) is 22.6 Å². The number of rotatable bonds is 4. The Bertz CT molecular complexity index is 1090. The zero-order chi connectivity index (χ0) is 18.9. The number of carbonyl (C=O) groups excluding carboxylic acids is 1. The first kappa shape index (κ1) is 17.0. The Morgan fingerprint density at radius 3 is 3.11 bits per heavy atom. The van der Waals surface area contributed by atoms with Crippen LogP contribution in [0.1, 0.15) is 18.2 Å². The van der Waals surface area contributed by atoms with Crippen LogP contribution in [-0.4, -0.2) is 38.6 Å². The van der Waals surface area contributed by atoms with Crippen molar-refractivity contribution in [2.45, 2.75) is 19.0 Å². The zero-order valence-corrected chi connectivity index (χ0v) is 15.9. The number of thiophene rings is 1. The lowest BCUT2D eigenvalue weighted by atomic mass is 10.2. The van der Waals surface area contributed by atoms with Gasteiger partial charge in [-0.25, -0.2) is 14.8 Å². The lowest BCUT2D eigenvalue weighted by Gasteiger charge is -2.19. The first-order valence-electron chi connectivity index (χ1n) is 9.20. The van der Waals surface area contributed by atoms with E-state index in [-0.39, 0.29) is 12.1 Å². The molecule has 1 fully saturated rings. The van der Waals surface area contributed by atoms with E-state index in [4.69, 9.17) is 9.40 Å². The average Bonchev–Trinajstić information content (AvgIpc) is 3.51. The van der Waals surface area contributed by atoms with Gasteiger partial charge in [0.25, 0.3) is 0 Å². The summed E-state index contributed by atoms with van der Waals surface area (Å²) < 4.78 is 7.47. The topological polar surface area (TPSA) is 76.2 Å². The molecule has 1 unspecified atom stereocenters. The van der Waals surface area contributed by atoms with E-state index in [0.29, 0.717) is 19.6 Å². The molecule has 0 aliphatic carbocycles. The van der Waals surface area contributed by atoms with E-state index in [1.165, 1.54) is 0 Å².